The lowest BCUT2D eigenvalue weighted by molar-refractivity contribution is -0.142. The SMILES string of the molecule is COc1ccccc1C1OC(=O)C[C@@H]1C(=O)C(C)C. The molecule has 1 fully saturated rings. The maximum Gasteiger partial charge on any atom is 0.307 e. The van der Waals surface area contributed by atoms with E-state index in [0.717, 1.165) is 5.56 Å². The Hall–Kier alpha value is -1.84. The van der Waals surface area contributed by atoms with E-state index in [4.69, 9.17) is 9.47 Å². The number of esters is 1. The van der Waals surface area contributed by atoms with Crippen LogP contribution in [0.15, 0.2) is 24.3 Å². The van der Waals surface area contributed by atoms with Crippen LogP contribution < -0.4 is 4.74 Å². The van der Waals surface area contributed by atoms with Crippen LogP contribution >= 0.6 is 0 Å². The molecule has 0 amide bonds. The molecule has 2 atom stereocenters. The zero-order chi connectivity index (χ0) is 14.0. The fourth-order valence-electron chi connectivity index (χ4n) is 2.42. The Morgan fingerprint density at radius 2 is 2.05 bits per heavy atom. The van der Waals surface area contributed by atoms with Gasteiger partial charge in [-0.15, -0.1) is 0 Å². The highest BCUT2D eigenvalue weighted by Crippen LogP contribution is 2.40. The number of hydrogen-bond acceptors (Lipinski definition) is 4. The number of para-hydroxylation sites is 1. The Morgan fingerprint density at radius 3 is 2.68 bits per heavy atom. The largest absolute Gasteiger partial charge is 0.496 e. The number of methoxy groups -OCH3 is 1. The average molecular weight is 262 g/mol. The van der Waals surface area contributed by atoms with E-state index < -0.39 is 12.0 Å². The summed E-state index contributed by atoms with van der Waals surface area (Å²) >= 11 is 0. The smallest absolute Gasteiger partial charge is 0.307 e. The van der Waals surface area contributed by atoms with Crippen molar-refractivity contribution in [2.45, 2.75) is 26.4 Å². The minimum atomic E-state index is -0.529. The number of ketones is 1. The number of Topliss-reactive ketones (excluding diaryl/α,β-unsaturated/α-hetero) is 1. The molecular formula is C15H18O4. The van der Waals surface area contributed by atoms with Crippen LogP contribution in [0.5, 0.6) is 5.75 Å². The van der Waals surface area contributed by atoms with Crippen molar-refractivity contribution in [2.75, 3.05) is 7.11 Å². The Labute approximate surface area is 112 Å². The van der Waals surface area contributed by atoms with Crippen LogP contribution in [0.2, 0.25) is 0 Å². The molecule has 0 bridgehead atoms. The van der Waals surface area contributed by atoms with Gasteiger partial charge < -0.3 is 9.47 Å². The van der Waals surface area contributed by atoms with Gasteiger partial charge in [0.05, 0.1) is 19.4 Å². The van der Waals surface area contributed by atoms with E-state index in [-0.39, 0.29) is 24.1 Å². The molecule has 4 heteroatoms. The van der Waals surface area contributed by atoms with Crippen molar-refractivity contribution in [2.24, 2.45) is 11.8 Å². The molecule has 1 saturated heterocycles. The Morgan fingerprint density at radius 1 is 1.37 bits per heavy atom. The number of carbonyl (C=O) groups excluding carboxylic acids is 2. The standard InChI is InChI=1S/C15H18O4/c1-9(2)14(17)11-8-13(16)19-15(11)10-6-4-5-7-12(10)18-3/h4-7,9,11,15H,8H2,1-3H3/t11-,15?/m1/s1. The summed E-state index contributed by atoms with van der Waals surface area (Å²) in [6.07, 6.45) is -0.377. The topological polar surface area (TPSA) is 52.6 Å². The highest BCUT2D eigenvalue weighted by Gasteiger charge is 2.42. The van der Waals surface area contributed by atoms with Crippen molar-refractivity contribution in [1.29, 1.82) is 0 Å². The lowest BCUT2D eigenvalue weighted by Crippen LogP contribution is -2.23. The molecule has 102 valence electrons. The molecule has 2 rings (SSSR count). The van der Waals surface area contributed by atoms with Crippen molar-refractivity contribution < 1.29 is 19.1 Å². The first-order valence-corrected chi connectivity index (χ1v) is 6.40. The summed E-state index contributed by atoms with van der Waals surface area (Å²) in [7, 11) is 1.56. The minimum Gasteiger partial charge on any atom is -0.496 e. The third kappa shape index (κ3) is 2.62. The molecule has 0 aromatic heterocycles. The second-order valence-electron chi connectivity index (χ2n) is 5.02. The van der Waals surface area contributed by atoms with Crippen LogP contribution in [0.3, 0.4) is 0 Å². The van der Waals surface area contributed by atoms with E-state index in [2.05, 4.69) is 0 Å². The molecule has 1 aromatic rings. The van der Waals surface area contributed by atoms with E-state index in [9.17, 15) is 9.59 Å². The molecule has 4 nitrogen and oxygen atoms in total. The van der Waals surface area contributed by atoms with Gasteiger partial charge in [0.25, 0.3) is 0 Å². The Kier molecular flexibility index (Phi) is 3.88. The molecule has 1 aromatic carbocycles. The van der Waals surface area contributed by atoms with Crippen LogP contribution in [0.4, 0.5) is 0 Å². The van der Waals surface area contributed by atoms with Crippen LogP contribution in [-0.2, 0) is 14.3 Å². The fraction of sp³-hybridized carbons (Fsp3) is 0.467. The van der Waals surface area contributed by atoms with Crippen molar-refractivity contribution in [3.05, 3.63) is 29.8 Å². The van der Waals surface area contributed by atoms with Crippen LogP contribution in [0.1, 0.15) is 31.9 Å². The second-order valence-corrected chi connectivity index (χ2v) is 5.02. The zero-order valence-electron chi connectivity index (χ0n) is 11.4. The summed E-state index contributed by atoms with van der Waals surface area (Å²) in [6, 6.07) is 7.33. The fourth-order valence-corrected chi connectivity index (χ4v) is 2.42. The highest BCUT2D eigenvalue weighted by molar-refractivity contribution is 5.89. The van der Waals surface area contributed by atoms with E-state index in [1.165, 1.54) is 0 Å². The molecule has 1 heterocycles. The van der Waals surface area contributed by atoms with Gasteiger partial charge in [-0.1, -0.05) is 32.0 Å². The molecule has 0 N–H and O–H groups in total. The van der Waals surface area contributed by atoms with Crippen LogP contribution in [0.25, 0.3) is 0 Å². The molecule has 0 saturated carbocycles. The Balaban J connectivity index is 2.36. The monoisotopic (exact) mass is 262 g/mol. The van der Waals surface area contributed by atoms with Gasteiger partial charge in [0.15, 0.2) is 0 Å². The number of benzene rings is 1. The summed E-state index contributed by atoms with van der Waals surface area (Å²) < 4.78 is 10.6. The molecule has 1 aliphatic rings. The number of carbonyl (C=O) groups is 2. The molecule has 0 radical (unpaired) electrons. The number of hydrogen-bond donors (Lipinski definition) is 0. The average Bonchev–Trinajstić information content (AvgIpc) is 2.79. The molecule has 0 aliphatic carbocycles. The second kappa shape index (κ2) is 5.43. The van der Waals surface area contributed by atoms with Gasteiger partial charge in [-0.3, -0.25) is 9.59 Å². The summed E-state index contributed by atoms with van der Waals surface area (Å²) in [6.45, 7) is 3.68. The maximum absolute atomic E-state index is 12.2. The quantitative estimate of drug-likeness (QED) is 0.782. The lowest BCUT2D eigenvalue weighted by atomic mass is 9.86. The molecule has 1 aliphatic heterocycles. The number of rotatable bonds is 4. The molecular weight excluding hydrogens is 244 g/mol. The molecule has 0 spiro atoms. The zero-order valence-corrected chi connectivity index (χ0v) is 11.4. The third-order valence-corrected chi connectivity index (χ3v) is 3.39. The Bertz CT molecular complexity index is 493. The van der Waals surface area contributed by atoms with Gasteiger partial charge >= 0.3 is 5.97 Å². The van der Waals surface area contributed by atoms with Crippen LogP contribution in [-0.4, -0.2) is 18.9 Å². The summed E-state index contributed by atoms with van der Waals surface area (Å²) in [4.78, 5) is 23.7. The predicted octanol–water partition coefficient (Wildman–Crippen LogP) is 2.52. The van der Waals surface area contributed by atoms with Crippen molar-refractivity contribution >= 4 is 11.8 Å². The highest BCUT2D eigenvalue weighted by atomic mass is 16.6. The number of ether oxygens (including phenoxy) is 2. The van der Waals surface area contributed by atoms with Crippen LogP contribution in [0, 0.1) is 11.8 Å². The summed E-state index contributed by atoms with van der Waals surface area (Å²) in [5, 5.41) is 0. The van der Waals surface area contributed by atoms with E-state index in [1.807, 2.05) is 32.0 Å². The first-order valence-electron chi connectivity index (χ1n) is 6.40. The van der Waals surface area contributed by atoms with Gasteiger partial charge in [0.1, 0.15) is 17.6 Å². The normalized spacial score (nSPS) is 22.4. The first kappa shape index (κ1) is 13.6. The van der Waals surface area contributed by atoms with Gasteiger partial charge in [-0.25, -0.2) is 0 Å². The maximum atomic E-state index is 12.2. The minimum absolute atomic E-state index is 0.0572. The van der Waals surface area contributed by atoms with Gasteiger partial charge in [0.2, 0.25) is 0 Å². The third-order valence-electron chi connectivity index (χ3n) is 3.39. The van der Waals surface area contributed by atoms with E-state index in [1.54, 1.807) is 13.2 Å². The lowest BCUT2D eigenvalue weighted by Gasteiger charge is -2.20. The summed E-state index contributed by atoms with van der Waals surface area (Å²) in [5.41, 5.74) is 0.759. The van der Waals surface area contributed by atoms with Crippen molar-refractivity contribution in [3.8, 4) is 5.75 Å². The first-order chi connectivity index (χ1) is 9.04. The van der Waals surface area contributed by atoms with E-state index >= 15 is 0 Å². The number of cyclic esters (lactones) is 1. The van der Waals surface area contributed by atoms with Gasteiger partial charge in [-0.2, -0.15) is 0 Å². The van der Waals surface area contributed by atoms with Gasteiger partial charge in [-0.05, 0) is 6.07 Å². The van der Waals surface area contributed by atoms with Gasteiger partial charge in [0, 0.05) is 11.5 Å². The molecule has 19 heavy (non-hydrogen) atoms. The van der Waals surface area contributed by atoms with Crippen molar-refractivity contribution in [3.63, 3.8) is 0 Å². The van der Waals surface area contributed by atoms with E-state index in [0.29, 0.717) is 5.75 Å². The summed E-state index contributed by atoms with van der Waals surface area (Å²) in [5.74, 6) is -0.152. The molecule has 1 unspecified atom stereocenters. The predicted molar refractivity (Wildman–Crippen MR) is 69.8 cm³/mol. The van der Waals surface area contributed by atoms with Crippen molar-refractivity contribution in [1.82, 2.24) is 0 Å².